The Labute approximate surface area is 152 Å². The second kappa shape index (κ2) is 8.62. The van der Waals surface area contributed by atoms with Crippen LogP contribution in [0.1, 0.15) is 23.6 Å². The second-order valence-corrected chi connectivity index (χ2v) is 6.16. The Hall–Kier alpha value is -2.16. The first kappa shape index (κ1) is 18.2. The summed E-state index contributed by atoms with van der Waals surface area (Å²) in [6, 6.07) is 12.6. The summed E-state index contributed by atoms with van der Waals surface area (Å²) in [6.45, 7) is 0.0429. The van der Waals surface area contributed by atoms with Crippen LogP contribution < -0.4 is 5.32 Å². The van der Waals surface area contributed by atoms with Crippen LogP contribution in [0.25, 0.3) is 0 Å². The molecule has 126 valence electrons. The van der Waals surface area contributed by atoms with Gasteiger partial charge in [-0.15, -0.1) is 0 Å². The van der Waals surface area contributed by atoms with Crippen LogP contribution in [0, 0.1) is 9.39 Å². The van der Waals surface area contributed by atoms with Crippen LogP contribution in [0.3, 0.4) is 0 Å². The molecule has 2 aromatic carbocycles. The standard InChI is InChI=1S/C17H15FINO4/c18-16-12(7-4-8-13(16)19)14(9-15(21)22)20-17(23)24-10-11-5-2-1-3-6-11/h1-8,14H,9-10H2,(H,20,23)(H,21,22). The number of hydrogen-bond donors (Lipinski definition) is 2. The highest BCUT2D eigenvalue weighted by atomic mass is 127. The molecule has 1 unspecified atom stereocenters. The molecule has 0 aliphatic heterocycles. The van der Waals surface area contributed by atoms with Gasteiger partial charge in [0, 0.05) is 9.13 Å². The van der Waals surface area contributed by atoms with Crippen LogP contribution in [0.4, 0.5) is 9.18 Å². The lowest BCUT2D eigenvalue weighted by Gasteiger charge is -2.18. The highest BCUT2D eigenvalue weighted by Gasteiger charge is 2.22. The van der Waals surface area contributed by atoms with Crippen LogP contribution in [0.5, 0.6) is 0 Å². The Kier molecular flexibility index (Phi) is 6.53. The molecule has 0 spiro atoms. The second-order valence-electron chi connectivity index (χ2n) is 5.00. The van der Waals surface area contributed by atoms with E-state index >= 15 is 0 Å². The maximum Gasteiger partial charge on any atom is 0.407 e. The third-order valence-corrected chi connectivity index (χ3v) is 4.07. The lowest BCUT2D eigenvalue weighted by atomic mass is 10.0. The van der Waals surface area contributed by atoms with Crippen LogP contribution in [-0.2, 0) is 16.1 Å². The van der Waals surface area contributed by atoms with Crippen molar-refractivity contribution in [2.45, 2.75) is 19.1 Å². The number of halogens is 2. The van der Waals surface area contributed by atoms with Crippen LogP contribution in [-0.4, -0.2) is 17.2 Å². The van der Waals surface area contributed by atoms with E-state index in [1.165, 1.54) is 6.07 Å². The zero-order valence-corrected chi connectivity index (χ0v) is 14.7. The topological polar surface area (TPSA) is 75.6 Å². The number of carboxylic acid groups (broad SMARTS) is 1. The Balaban J connectivity index is 2.07. The number of rotatable bonds is 6. The highest BCUT2D eigenvalue weighted by Crippen LogP contribution is 2.24. The maximum atomic E-state index is 14.2. The zero-order valence-electron chi connectivity index (χ0n) is 12.5. The number of amides is 1. The van der Waals surface area contributed by atoms with Gasteiger partial charge in [-0.25, -0.2) is 9.18 Å². The van der Waals surface area contributed by atoms with Crippen molar-refractivity contribution in [1.29, 1.82) is 0 Å². The van der Waals surface area contributed by atoms with Gasteiger partial charge in [-0.05, 0) is 34.2 Å². The fraction of sp³-hybridized carbons (Fsp3) is 0.176. The molecule has 0 saturated carbocycles. The third kappa shape index (κ3) is 5.19. The smallest absolute Gasteiger partial charge is 0.407 e. The highest BCUT2D eigenvalue weighted by molar-refractivity contribution is 14.1. The first-order valence-electron chi connectivity index (χ1n) is 7.10. The molecule has 0 aromatic heterocycles. The molecule has 24 heavy (non-hydrogen) atoms. The number of carbonyl (C=O) groups is 2. The minimum Gasteiger partial charge on any atom is -0.481 e. The fourth-order valence-corrected chi connectivity index (χ4v) is 2.63. The first-order chi connectivity index (χ1) is 11.5. The van der Waals surface area contributed by atoms with Crippen LogP contribution in [0.15, 0.2) is 48.5 Å². The summed E-state index contributed by atoms with van der Waals surface area (Å²) in [5, 5.41) is 11.4. The summed E-state index contributed by atoms with van der Waals surface area (Å²) >= 11 is 1.81. The van der Waals surface area contributed by atoms with E-state index in [1.807, 2.05) is 40.8 Å². The number of ether oxygens (including phenoxy) is 1. The lowest BCUT2D eigenvalue weighted by molar-refractivity contribution is -0.137. The summed E-state index contributed by atoms with van der Waals surface area (Å²) in [5.74, 6) is -1.70. The molecular weight excluding hydrogens is 428 g/mol. The van der Waals surface area contributed by atoms with Crippen molar-refractivity contribution < 1.29 is 23.8 Å². The summed E-state index contributed by atoms with van der Waals surface area (Å²) in [4.78, 5) is 23.0. The average molecular weight is 443 g/mol. The van der Waals surface area contributed by atoms with Crippen molar-refractivity contribution in [3.8, 4) is 0 Å². The van der Waals surface area contributed by atoms with Gasteiger partial charge in [0.05, 0.1) is 12.5 Å². The number of aliphatic carboxylic acids is 1. The molecule has 1 atom stereocenters. The molecule has 2 rings (SSSR count). The maximum absolute atomic E-state index is 14.2. The molecule has 7 heteroatoms. The molecule has 0 aliphatic carbocycles. The monoisotopic (exact) mass is 443 g/mol. The van der Waals surface area contributed by atoms with Crippen molar-refractivity contribution in [3.05, 3.63) is 69.0 Å². The number of benzene rings is 2. The third-order valence-electron chi connectivity index (χ3n) is 3.24. The van der Waals surface area contributed by atoms with Gasteiger partial charge in [0.2, 0.25) is 0 Å². The number of hydrogen-bond acceptors (Lipinski definition) is 3. The molecule has 0 heterocycles. The zero-order chi connectivity index (χ0) is 17.5. The SMILES string of the molecule is O=C(O)CC(NC(=O)OCc1ccccc1)c1cccc(I)c1F. The Morgan fingerprint density at radius 2 is 1.88 bits per heavy atom. The largest absolute Gasteiger partial charge is 0.481 e. The van der Waals surface area contributed by atoms with Crippen LogP contribution in [0.2, 0.25) is 0 Å². The molecule has 5 nitrogen and oxygen atoms in total. The van der Waals surface area contributed by atoms with Gasteiger partial charge >= 0.3 is 12.1 Å². The fourth-order valence-electron chi connectivity index (χ4n) is 2.11. The molecule has 2 aromatic rings. The van der Waals surface area contributed by atoms with Crippen molar-refractivity contribution in [3.63, 3.8) is 0 Å². The summed E-state index contributed by atoms with van der Waals surface area (Å²) < 4.78 is 19.6. The quantitative estimate of drug-likeness (QED) is 0.665. The molecule has 0 saturated heterocycles. The van der Waals surface area contributed by atoms with E-state index < -0.39 is 30.3 Å². The molecule has 0 fully saturated rings. The summed E-state index contributed by atoms with van der Waals surface area (Å²) in [7, 11) is 0. The summed E-state index contributed by atoms with van der Waals surface area (Å²) in [5.41, 5.74) is 0.906. The van der Waals surface area contributed by atoms with Crippen molar-refractivity contribution >= 4 is 34.7 Å². The van der Waals surface area contributed by atoms with Gasteiger partial charge in [-0.1, -0.05) is 42.5 Å². The van der Waals surface area contributed by atoms with E-state index in [-0.39, 0.29) is 12.2 Å². The molecule has 1 amide bonds. The minimum atomic E-state index is -1.15. The van der Waals surface area contributed by atoms with Gasteiger partial charge in [0.1, 0.15) is 12.4 Å². The van der Waals surface area contributed by atoms with Gasteiger partial charge < -0.3 is 15.2 Å². The number of carboxylic acids is 1. The van der Waals surface area contributed by atoms with E-state index in [4.69, 9.17) is 9.84 Å². The molecule has 0 radical (unpaired) electrons. The van der Waals surface area contributed by atoms with Gasteiger partial charge in [0.15, 0.2) is 0 Å². The number of alkyl carbamates (subject to hydrolysis) is 1. The van der Waals surface area contributed by atoms with Crippen molar-refractivity contribution in [2.24, 2.45) is 0 Å². The van der Waals surface area contributed by atoms with E-state index in [0.29, 0.717) is 3.57 Å². The molecular formula is C17H15FINO4. The number of carbonyl (C=O) groups excluding carboxylic acids is 1. The Bertz CT molecular complexity index is 724. The molecule has 0 bridgehead atoms. The van der Waals surface area contributed by atoms with Crippen molar-refractivity contribution in [2.75, 3.05) is 0 Å². The van der Waals surface area contributed by atoms with E-state index in [2.05, 4.69) is 5.32 Å². The average Bonchev–Trinajstić information content (AvgIpc) is 2.55. The van der Waals surface area contributed by atoms with Gasteiger partial charge in [0.25, 0.3) is 0 Å². The molecule has 2 N–H and O–H groups in total. The Morgan fingerprint density at radius 1 is 1.17 bits per heavy atom. The predicted molar refractivity (Wildman–Crippen MR) is 93.9 cm³/mol. The minimum absolute atomic E-state index is 0.0429. The summed E-state index contributed by atoms with van der Waals surface area (Å²) in [6.07, 6.45) is -1.25. The van der Waals surface area contributed by atoms with Crippen LogP contribution >= 0.6 is 22.6 Å². The normalized spacial score (nSPS) is 11.6. The predicted octanol–water partition coefficient (Wildman–Crippen LogP) is 3.87. The molecule has 0 aliphatic rings. The van der Waals surface area contributed by atoms with Gasteiger partial charge in [-0.3, -0.25) is 4.79 Å². The lowest BCUT2D eigenvalue weighted by Crippen LogP contribution is -2.31. The van der Waals surface area contributed by atoms with Gasteiger partial charge in [-0.2, -0.15) is 0 Å². The Morgan fingerprint density at radius 3 is 2.54 bits per heavy atom. The van der Waals surface area contributed by atoms with E-state index in [9.17, 15) is 14.0 Å². The van der Waals surface area contributed by atoms with E-state index in [1.54, 1.807) is 24.3 Å². The van der Waals surface area contributed by atoms with Crippen molar-refractivity contribution in [1.82, 2.24) is 5.32 Å². The number of nitrogens with one attached hydrogen (secondary N) is 1. The first-order valence-corrected chi connectivity index (χ1v) is 8.18. The van der Waals surface area contributed by atoms with E-state index in [0.717, 1.165) is 5.56 Å².